The van der Waals surface area contributed by atoms with E-state index < -0.39 is 0 Å². The van der Waals surface area contributed by atoms with Gasteiger partial charge in [-0.3, -0.25) is 9.59 Å². The quantitative estimate of drug-likeness (QED) is 0.404. The van der Waals surface area contributed by atoms with Crippen molar-refractivity contribution < 1.29 is 18.7 Å². The molecule has 0 unspecified atom stereocenters. The number of carbonyl (C=O) groups excluding carboxylic acids is 1. The second kappa shape index (κ2) is 6.57. The number of H-pyrrole nitrogens is 1. The lowest BCUT2D eigenvalue weighted by molar-refractivity contribution is 0.102. The fourth-order valence-corrected chi connectivity index (χ4v) is 3.61. The first-order chi connectivity index (χ1) is 13.7. The number of thioether (sulfide) groups is 1. The summed E-state index contributed by atoms with van der Waals surface area (Å²) >= 11 is 1.17. The minimum atomic E-state index is -0.378. The van der Waals surface area contributed by atoms with E-state index in [0.717, 1.165) is 0 Å². The third kappa shape index (κ3) is 2.83. The smallest absolute Gasteiger partial charge is 0.290 e. The summed E-state index contributed by atoms with van der Waals surface area (Å²) in [6.45, 7) is 0.151. The Bertz CT molecular complexity index is 1240. The monoisotopic (exact) mass is 396 g/mol. The molecule has 0 saturated carbocycles. The zero-order chi connectivity index (χ0) is 19.1. The second-order valence-corrected chi connectivity index (χ2v) is 6.86. The highest BCUT2D eigenvalue weighted by molar-refractivity contribution is 7.99. The van der Waals surface area contributed by atoms with Gasteiger partial charge in [0.2, 0.25) is 11.9 Å². The van der Waals surface area contributed by atoms with Crippen molar-refractivity contribution in [3.05, 3.63) is 58.6 Å². The largest absolute Gasteiger partial charge is 0.463 e. The van der Waals surface area contributed by atoms with Crippen LogP contribution in [0.25, 0.3) is 17.0 Å². The SMILES string of the molecule is O=C(CSc1n[nH]c(=O)c2cc(-c3ccco3)nn12)c1ccc2c(c1)OCO2. The summed E-state index contributed by atoms with van der Waals surface area (Å²) < 4.78 is 17.3. The average Bonchev–Trinajstić information content (AvgIpc) is 3.46. The van der Waals surface area contributed by atoms with Crippen LogP contribution in [0.2, 0.25) is 0 Å². The van der Waals surface area contributed by atoms with E-state index in [4.69, 9.17) is 13.9 Å². The fraction of sp³-hybridized carbons (Fsp3) is 0.111. The lowest BCUT2D eigenvalue weighted by Gasteiger charge is -2.04. The van der Waals surface area contributed by atoms with E-state index in [1.165, 1.54) is 22.5 Å². The van der Waals surface area contributed by atoms with E-state index in [2.05, 4.69) is 15.3 Å². The molecule has 0 amide bonds. The molecular formula is C18H12N4O5S. The van der Waals surface area contributed by atoms with Crippen LogP contribution in [0.3, 0.4) is 0 Å². The van der Waals surface area contributed by atoms with Crippen LogP contribution in [0.5, 0.6) is 11.5 Å². The molecule has 140 valence electrons. The molecule has 4 aromatic rings. The molecule has 0 fully saturated rings. The number of rotatable bonds is 5. The Balaban J connectivity index is 1.41. The van der Waals surface area contributed by atoms with Crippen LogP contribution in [0.4, 0.5) is 0 Å². The molecule has 0 atom stereocenters. The molecule has 0 saturated heterocycles. The summed E-state index contributed by atoms with van der Waals surface area (Å²) in [4.78, 5) is 24.6. The molecule has 1 aliphatic heterocycles. The van der Waals surface area contributed by atoms with Gasteiger partial charge in [-0.1, -0.05) is 11.8 Å². The molecule has 1 aliphatic rings. The van der Waals surface area contributed by atoms with Crippen molar-refractivity contribution in [2.45, 2.75) is 5.16 Å². The number of ketones is 1. The lowest BCUT2D eigenvalue weighted by Crippen LogP contribution is -2.14. The van der Waals surface area contributed by atoms with Gasteiger partial charge in [-0.25, -0.2) is 9.61 Å². The normalized spacial score (nSPS) is 12.6. The molecule has 1 N–H and O–H groups in total. The first-order valence-electron chi connectivity index (χ1n) is 8.27. The van der Waals surface area contributed by atoms with E-state index in [0.29, 0.717) is 39.2 Å². The summed E-state index contributed by atoms with van der Waals surface area (Å²) in [5, 5.41) is 11.2. The molecule has 0 radical (unpaired) electrons. The number of carbonyl (C=O) groups is 1. The van der Waals surface area contributed by atoms with Gasteiger partial charge < -0.3 is 13.9 Å². The zero-order valence-corrected chi connectivity index (χ0v) is 15.1. The molecule has 10 heteroatoms. The highest BCUT2D eigenvalue weighted by Gasteiger charge is 2.18. The molecule has 5 rings (SSSR count). The minimum absolute atomic E-state index is 0.108. The van der Waals surface area contributed by atoms with Crippen LogP contribution in [0.1, 0.15) is 10.4 Å². The number of ether oxygens (including phenoxy) is 2. The van der Waals surface area contributed by atoms with Crippen molar-refractivity contribution in [2.24, 2.45) is 0 Å². The number of nitrogens with one attached hydrogen (secondary N) is 1. The predicted octanol–water partition coefficient (Wildman–Crippen LogP) is 2.38. The predicted molar refractivity (Wildman–Crippen MR) is 98.9 cm³/mol. The fourth-order valence-electron chi connectivity index (χ4n) is 2.81. The Morgan fingerprint density at radius 1 is 1.21 bits per heavy atom. The second-order valence-electron chi connectivity index (χ2n) is 5.92. The van der Waals surface area contributed by atoms with Crippen molar-refractivity contribution in [2.75, 3.05) is 12.5 Å². The van der Waals surface area contributed by atoms with Gasteiger partial charge in [0.1, 0.15) is 11.2 Å². The van der Waals surface area contributed by atoms with Gasteiger partial charge in [-0.2, -0.15) is 5.10 Å². The molecule has 0 spiro atoms. The van der Waals surface area contributed by atoms with Gasteiger partial charge in [0.15, 0.2) is 23.0 Å². The summed E-state index contributed by atoms with van der Waals surface area (Å²) in [6, 6.07) is 10.2. The molecule has 4 heterocycles. The summed E-state index contributed by atoms with van der Waals surface area (Å²) in [7, 11) is 0. The number of furan rings is 1. The molecule has 0 bridgehead atoms. The molecule has 28 heavy (non-hydrogen) atoms. The molecule has 0 aliphatic carbocycles. The Labute approximate surface area is 161 Å². The number of hydrogen-bond acceptors (Lipinski definition) is 8. The third-order valence-electron chi connectivity index (χ3n) is 4.18. The highest BCUT2D eigenvalue weighted by atomic mass is 32.2. The van der Waals surface area contributed by atoms with Crippen LogP contribution >= 0.6 is 11.8 Å². The molecular weight excluding hydrogens is 384 g/mol. The topological polar surface area (TPSA) is 112 Å². The van der Waals surface area contributed by atoms with Crippen molar-refractivity contribution in [3.8, 4) is 23.0 Å². The number of aromatic amines is 1. The number of aromatic nitrogens is 4. The maximum Gasteiger partial charge on any atom is 0.290 e. The number of nitrogens with zero attached hydrogens (tertiary/aromatic N) is 3. The highest BCUT2D eigenvalue weighted by Crippen LogP contribution is 2.33. The Morgan fingerprint density at radius 3 is 2.96 bits per heavy atom. The Morgan fingerprint density at radius 2 is 2.11 bits per heavy atom. The average molecular weight is 396 g/mol. The lowest BCUT2D eigenvalue weighted by atomic mass is 10.1. The van der Waals surface area contributed by atoms with Crippen LogP contribution in [-0.2, 0) is 0 Å². The number of fused-ring (bicyclic) bond motifs is 2. The minimum Gasteiger partial charge on any atom is -0.463 e. The summed E-state index contributed by atoms with van der Waals surface area (Å²) in [5.41, 5.74) is 0.956. The first kappa shape index (κ1) is 16.6. The maximum absolute atomic E-state index is 12.6. The van der Waals surface area contributed by atoms with E-state index in [9.17, 15) is 9.59 Å². The van der Waals surface area contributed by atoms with Crippen molar-refractivity contribution in [1.29, 1.82) is 0 Å². The number of benzene rings is 1. The van der Waals surface area contributed by atoms with Crippen LogP contribution in [-0.4, -0.2) is 38.1 Å². The van der Waals surface area contributed by atoms with Crippen molar-refractivity contribution >= 4 is 23.1 Å². The van der Waals surface area contributed by atoms with Gasteiger partial charge in [0.05, 0.1) is 12.0 Å². The van der Waals surface area contributed by atoms with Crippen molar-refractivity contribution in [1.82, 2.24) is 19.8 Å². The molecule has 9 nitrogen and oxygen atoms in total. The summed E-state index contributed by atoms with van der Waals surface area (Å²) in [5.74, 6) is 1.72. The maximum atomic E-state index is 12.6. The standard InChI is InChI=1S/C18H12N4O5S/c23-13(10-3-4-15-16(6-10)27-9-26-15)8-28-18-20-19-17(24)12-7-11(21-22(12)18)14-2-1-5-25-14/h1-7H,8-9H2,(H,19,24). The first-order valence-corrected chi connectivity index (χ1v) is 9.25. The third-order valence-corrected chi connectivity index (χ3v) is 5.11. The summed E-state index contributed by atoms with van der Waals surface area (Å²) in [6.07, 6.45) is 1.53. The van der Waals surface area contributed by atoms with Gasteiger partial charge >= 0.3 is 0 Å². The van der Waals surface area contributed by atoms with E-state index in [-0.39, 0.29) is 23.9 Å². The molecule has 1 aromatic carbocycles. The van der Waals surface area contributed by atoms with Gasteiger partial charge in [-0.15, -0.1) is 5.10 Å². The van der Waals surface area contributed by atoms with E-state index in [1.54, 1.807) is 36.4 Å². The zero-order valence-electron chi connectivity index (χ0n) is 14.2. The van der Waals surface area contributed by atoms with E-state index >= 15 is 0 Å². The van der Waals surface area contributed by atoms with Gasteiger partial charge in [0, 0.05) is 11.6 Å². The van der Waals surface area contributed by atoms with Crippen molar-refractivity contribution in [3.63, 3.8) is 0 Å². The van der Waals surface area contributed by atoms with E-state index in [1.807, 2.05) is 0 Å². The van der Waals surface area contributed by atoms with Crippen LogP contribution in [0.15, 0.2) is 57.0 Å². The van der Waals surface area contributed by atoms with Gasteiger partial charge in [0.25, 0.3) is 5.56 Å². The van der Waals surface area contributed by atoms with Crippen LogP contribution < -0.4 is 15.0 Å². The van der Waals surface area contributed by atoms with Crippen LogP contribution in [0, 0.1) is 0 Å². The Kier molecular flexibility index (Phi) is 3.90. The number of hydrogen-bond donors (Lipinski definition) is 1. The Hall–Kier alpha value is -3.53. The van der Waals surface area contributed by atoms with Gasteiger partial charge in [-0.05, 0) is 30.3 Å². The number of Topliss-reactive ketones (excluding diaryl/α,β-unsaturated/α-hetero) is 1. The molecule has 3 aromatic heterocycles.